The molecular formula is C27H52O4. The van der Waals surface area contributed by atoms with E-state index in [9.17, 15) is 9.59 Å². The molecule has 0 heterocycles. The van der Waals surface area contributed by atoms with Crippen molar-refractivity contribution in [3.63, 3.8) is 0 Å². The normalized spacial score (nSPS) is 12.1. The predicted octanol–water partition coefficient (Wildman–Crippen LogP) is 8.60. The van der Waals surface area contributed by atoms with Gasteiger partial charge in [0.1, 0.15) is 6.10 Å². The van der Waals surface area contributed by atoms with Crippen LogP contribution in [-0.2, 0) is 14.3 Å². The lowest BCUT2D eigenvalue weighted by molar-refractivity contribution is -0.150. The first kappa shape index (κ1) is 29.9. The molecule has 0 aromatic rings. The molecule has 0 spiro atoms. The van der Waals surface area contributed by atoms with Crippen molar-refractivity contribution in [2.24, 2.45) is 0 Å². The predicted molar refractivity (Wildman–Crippen MR) is 130 cm³/mol. The number of rotatable bonds is 24. The Labute approximate surface area is 192 Å². The van der Waals surface area contributed by atoms with Crippen LogP contribution < -0.4 is 0 Å². The van der Waals surface area contributed by atoms with Crippen LogP contribution >= 0.6 is 0 Å². The maximum atomic E-state index is 12.0. The Bertz CT molecular complexity index is 408. The molecule has 4 heteroatoms. The van der Waals surface area contributed by atoms with Crippen molar-refractivity contribution in [3.05, 3.63) is 0 Å². The van der Waals surface area contributed by atoms with Gasteiger partial charge in [0.2, 0.25) is 0 Å². The smallest absolute Gasteiger partial charge is 0.306 e. The minimum absolute atomic E-state index is 0.112. The van der Waals surface area contributed by atoms with Crippen LogP contribution in [-0.4, -0.2) is 23.1 Å². The molecule has 0 aliphatic carbocycles. The monoisotopic (exact) mass is 440 g/mol. The van der Waals surface area contributed by atoms with Gasteiger partial charge in [-0.25, -0.2) is 0 Å². The van der Waals surface area contributed by atoms with Gasteiger partial charge in [0.25, 0.3) is 0 Å². The first-order valence-electron chi connectivity index (χ1n) is 13.5. The van der Waals surface area contributed by atoms with E-state index >= 15 is 0 Å². The molecule has 4 nitrogen and oxygen atoms in total. The molecule has 0 aliphatic heterocycles. The molecule has 0 aromatic heterocycles. The molecule has 1 atom stereocenters. The number of carbonyl (C=O) groups excluding carboxylic acids is 1. The van der Waals surface area contributed by atoms with Crippen molar-refractivity contribution in [2.75, 3.05) is 0 Å². The van der Waals surface area contributed by atoms with Crippen molar-refractivity contribution < 1.29 is 19.4 Å². The van der Waals surface area contributed by atoms with Gasteiger partial charge in [0.05, 0.1) is 0 Å². The number of esters is 1. The largest absolute Gasteiger partial charge is 0.481 e. The van der Waals surface area contributed by atoms with Crippen molar-refractivity contribution in [1.82, 2.24) is 0 Å². The van der Waals surface area contributed by atoms with E-state index in [1.165, 1.54) is 89.9 Å². The highest BCUT2D eigenvalue weighted by molar-refractivity contribution is 5.69. The van der Waals surface area contributed by atoms with Crippen LogP contribution in [0.25, 0.3) is 0 Å². The molecule has 0 amide bonds. The fraction of sp³-hybridized carbons (Fsp3) is 0.926. The maximum Gasteiger partial charge on any atom is 0.306 e. The summed E-state index contributed by atoms with van der Waals surface area (Å²) < 4.78 is 5.57. The van der Waals surface area contributed by atoms with Crippen LogP contribution in [0.3, 0.4) is 0 Å². The van der Waals surface area contributed by atoms with Crippen molar-refractivity contribution in [1.29, 1.82) is 0 Å². The minimum Gasteiger partial charge on any atom is -0.481 e. The van der Waals surface area contributed by atoms with Crippen LogP contribution in [0.4, 0.5) is 0 Å². The number of unbranched alkanes of at least 4 members (excludes halogenated alkanes) is 15. The molecule has 0 saturated carbocycles. The second kappa shape index (κ2) is 23.6. The number of hydrogen-bond acceptors (Lipinski definition) is 3. The summed E-state index contributed by atoms with van der Waals surface area (Å²) in [6.07, 6.45) is 24.8. The summed E-state index contributed by atoms with van der Waals surface area (Å²) in [5, 5.41) is 8.74. The van der Waals surface area contributed by atoms with E-state index in [0.717, 1.165) is 25.7 Å². The Morgan fingerprint density at radius 2 is 1.03 bits per heavy atom. The molecule has 1 N–H and O–H groups in total. The fourth-order valence-corrected chi connectivity index (χ4v) is 4.13. The Hall–Kier alpha value is -1.06. The summed E-state index contributed by atoms with van der Waals surface area (Å²) in [5.41, 5.74) is 0. The van der Waals surface area contributed by atoms with Gasteiger partial charge < -0.3 is 9.84 Å². The molecule has 0 fully saturated rings. The molecule has 31 heavy (non-hydrogen) atoms. The molecule has 0 radical (unpaired) electrons. The Morgan fingerprint density at radius 1 is 0.581 bits per heavy atom. The van der Waals surface area contributed by atoms with Gasteiger partial charge in [-0.3, -0.25) is 9.59 Å². The van der Waals surface area contributed by atoms with Crippen molar-refractivity contribution in [2.45, 2.75) is 161 Å². The summed E-state index contributed by atoms with van der Waals surface area (Å²) in [6.45, 7) is 4.34. The van der Waals surface area contributed by atoms with E-state index < -0.39 is 5.97 Å². The molecule has 1 unspecified atom stereocenters. The molecule has 0 rings (SSSR count). The van der Waals surface area contributed by atoms with Gasteiger partial charge in [-0.1, -0.05) is 117 Å². The first-order valence-corrected chi connectivity index (χ1v) is 13.5. The number of hydrogen-bond donors (Lipinski definition) is 1. The van der Waals surface area contributed by atoms with Crippen LogP contribution in [0.5, 0.6) is 0 Å². The molecular weight excluding hydrogens is 388 g/mol. The first-order chi connectivity index (χ1) is 15.1. The van der Waals surface area contributed by atoms with Crippen LogP contribution in [0.2, 0.25) is 0 Å². The Morgan fingerprint density at radius 3 is 1.45 bits per heavy atom. The highest BCUT2D eigenvalue weighted by Gasteiger charge is 2.14. The average molecular weight is 441 g/mol. The summed E-state index contributed by atoms with van der Waals surface area (Å²) in [5.74, 6) is -0.895. The van der Waals surface area contributed by atoms with Gasteiger partial charge >= 0.3 is 11.9 Å². The quantitative estimate of drug-likeness (QED) is 0.120. The summed E-state index contributed by atoms with van der Waals surface area (Å²) in [6, 6.07) is 0. The average Bonchev–Trinajstić information content (AvgIpc) is 2.73. The fourth-order valence-electron chi connectivity index (χ4n) is 4.13. The van der Waals surface area contributed by atoms with Gasteiger partial charge in [-0.05, 0) is 25.7 Å². The van der Waals surface area contributed by atoms with Gasteiger partial charge in [0, 0.05) is 12.8 Å². The highest BCUT2D eigenvalue weighted by Crippen LogP contribution is 2.16. The van der Waals surface area contributed by atoms with Crippen molar-refractivity contribution >= 4 is 11.9 Å². The Balaban J connectivity index is 3.43. The third-order valence-electron chi connectivity index (χ3n) is 6.06. The van der Waals surface area contributed by atoms with Crippen molar-refractivity contribution in [3.8, 4) is 0 Å². The number of ether oxygens (including phenoxy) is 1. The van der Waals surface area contributed by atoms with E-state index in [1.54, 1.807) is 0 Å². The zero-order valence-corrected chi connectivity index (χ0v) is 20.8. The van der Waals surface area contributed by atoms with E-state index in [2.05, 4.69) is 13.8 Å². The lowest BCUT2D eigenvalue weighted by atomic mass is 10.0. The second-order valence-electron chi connectivity index (χ2n) is 9.24. The molecule has 0 aliphatic rings. The second-order valence-corrected chi connectivity index (χ2v) is 9.24. The number of carbonyl (C=O) groups is 2. The van der Waals surface area contributed by atoms with E-state index in [4.69, 9.17) is 9.84 Å². The topological polar surface area (TPSA) is 63.6 Å². The highest BCUT2D eigenvalue weighted by atomic mass is 16.5. The lowest BCUT2D eigenvalue weighted by Crippen LogP contribution is -2.18. The molecule has 0 aromatic carbocycles. The number of aliphatic carboxylic acids is 1. The third-order valence-corrected chi connectivity index (χ3v) is 6.06. The third kappa shape index (κ3) is 23.4. The summed E-state index contributed by atoms with van der Waals surface area (Å²) >= 11 is 0. The van der Waals surface area contributed by atoms with E-state index in [0.29, 0.717) is 19.3 Å². The summed E-state index contributed by atoms with van der Waals surface area (Å²) in [7, 11) is 0. The van der Waals surface area contributed by atoms with E-state index in [1.807, 2.05) is 0 Å². The lowest BCUT2D eigenvalue weighted by Gasteiger charge is -2.17. The molecule has 184 valence electrons. The number of carboxylic acid groups (broad SMARTS) is 1. The van der Waals surface area contributed by atoms with Gasteiger partial charge in [-0.2, -0.15) is 0 Å². The Kier molecular flexibility index (Phi) is 22.8. The molecule has 0 bridgehead atoms. The SMILES string of the molecule is CCCCCCCCCCCCCCCCCCC(=O)OC(CCC)CCCC(=O)O. The van der Waals surface area contributed by atoms with Gasteiger partial charge in [-0.15, -0.1) is 0 Å². The van der Waals surface area contributed by atoms with E-state index in [-0.39, 0.29) is 18.5 Å². The maximum absolute atomic E-state index is 12.0. The number of carboxylic acids is 1. The summed E-state index contributed by atoms with van der Waals surface area (Å²) in [4.78, 5) is 22.7. The van der Waals surface area contributed by atoms with Crippen LogP contribution in [0.1, 0.15) is 155 Å². The van der Waals surface area contributed by atoms with Gasteiger partial charge in [0.15, 0.2) is 0 Å². The zero-order valence-electron chi connectivity index (χ0n) is 20.8. The molecule has 0 saturated heterocycles. The standard InChI is InChI=1S/C27H52O4/c1-3-5-6-7-8-9-10-11-12-13-14-15-16-17-18-19-24-27(30)31-25(21-4-2)22-20-23-26(28)29/h25H,3-24H2,1-2H3,(H,28,29). The van der Waals surface area contributed by atoms with Crippen LogP contribution in [0.15, 0.2) is 0 Å². The minimum atomic E-state index is -0.783. The zero-order chi connectivity index (χ0) is 23.0. The van der Waals surface area contributed by atoms with Crippen LogP contribution in [0, 0.1) is 0 Å².